The Morgan fingerprint density at radius 3 is 2.64 bits per heavy atom. The van der Waals surface area contributed by atoms with Crippen LogP contribution >= 0.6 is 0 Å². The molecule has 6 nitrogen and oxygen atoms in total. The first-order chi connectivity index (χ1) is 12.0. The maximum absolute atomic E-state index is 12.0. The van der Waals surface area contributed by atoms with Crippen molar-refractivity contribution in [2.45, 2.75) is 13.8 Å². The summed E-state index contributed by atoms with van der Waals surface area (Å²) in [5, 5.41) is 4.26. The van der Waals surface area contributed by atoms with Crippen molar-refractivity contribution in [3.8, 4) is 0 Å². The van der Waals surface area contributed by atoms with E-state index in [0.717, 1.165) is 50.3 Å². The summed E-state index contributed by atoms with van der Waals surface area (Å²) < 4.78 is 5.21. The van der Waals surface area contributed by atoms with E-state index in [1.807, 2.05) is 36.9 Å². The summed E-state index contributed by atoms with van der Waals surface area (Å²) in [7, 11) is 0. The summed E-state index contributed by atoms with van der Waals surface area (Å²) in [6.07, 6.45) is 0. The van der Waals surface area contributed by atoms with Gasteiger partial charge in [0, 0.05) is 56.6 Å². The highest BCUT2D eigenvalue weighted by Crippen LogP contribution is 2.20. The lowest BCUT2D eigenvalue weighted by Gasteiger charge is -2.35. The zero-order valence-electron chi connectivity index (χ0n) is 14.8. The van der Waals surface area contributed by atoms with E-state index in [4.69, 9.17) is 4.42 Å². The molecule has 0 bridgehead atoms. The Labute approximate surface area is 147 Å². The second-order valence-electron chi connectivity index (χ2n) is 6.72. The molecule has 6 heteroatoms. The van der Waals surface area contributed by atoms with Crippen LogP contribution in [0.5, 0.6) is 0 Å². The molecule has 2 heterocycles. The number of amides is 1. The molecule has 2 aromatic rings. The normalized spacial score (nSPS) is 15.7. The van der Waals surface area contributed by atoms with Crippen LogP contribution in [-0.4, -0.2) is 55.0 Å². The van der Waals surface area contributed by atoms with Crippen LogP contribution in [-0.2, 0) is 4.79 Å². The van der Waals surface area contributed by atoms with Crippen molar-refractivity contribution in [1.82, 2.24) is 9.80 Å². The largest absolute Gasteiger partial charge is 0.423 e. The van der Waals surface area contributed by atoms with E-state index in [1.165, 1.54) is 6.07 Å². The Balaban J connectivity index is 1.53. The number of benzene rings is 1. The maximum atomic E-state index is 12.0. The number of para-hydroxylation sites is 1. The molecular formula is C19H25N3O3. The number of hydrogen-bond donors (Lipinski definition) is 1. The third-order valence-electron chi connectivity index (χ3n) is 4.57. The van der Waals surface area contributed by atoms with Gasteiger partial charge < -0.3 is 14.6 Å². The van der Waals surface area contributed by atoms with Gasteiger partial charge in [-0.05, 0) is 12.1 Å². The van der Waals surface area contributed by atoms with Crippen LogP contribution in [0.4, 0.5) is 5.69 Å². The van der Waals surface area contributed by atoms with Crippen molar-refractivity contribution in [2.75, 3.05) is 44.6 Å². The Kier molecular flexibility index (Phi) is 5.38. The van der Waals surface area contributed by atoms with Crippen LogP contribution in [0.2, 0.25) is 0 Å². The quantitative estimate of drug-likeness (QED) is 0.841. The molecule has 0 saturated carbocycles. The zero-order chi connectivity index (χ0) is 17.8. The van der Waals surface area contributed by atoms with Crippen molar-refractivity contribution in [3.63, 3.8) is 0 Å². The minimum atomic E-state index is -0.345. The van der Waals surface area contributed by atoms with Crippen molar-refractivity contribution in [2.24, 2.45) is 5.92 Å². The predicted octanol–water partition coefficient (Wildman–Crippen LogP) is 2.01. The highest BCUT2D eigenvalue weighted by molar-refractivity contribution is 5.89. The van der Waals surface area contributed by atoms with Gasteiger partial charge in [0.1, 0.15) is 5.58 Å². The van der Waals surface area contributed by atoms with Gasteiger partial charge in [0.05, 0.1) is 5.69 Å². The number of nitrogens with zero attached hydrogens (tertiary/aromatic N) is 2. The summed E-state index contributed by atoms with van der Waals surface area (Å²) in [4.78, 5) is 28.0. The molecular weight excluding hydrogens is 318 g/mol. The van der Waals surface area contributed by atoms with Crippen molar-refractivity contribution in [3.05, 3.63) is 40.8 Å². The third kappa shape index (κ3) is 4.20. The van der Waals surface area contributed by atoms with Crippen LogP contribution in [0.3, 0.4) is 0 Å². The molecule has 0 unspecified atom stereocenters. The van der Waals surface area contributed by atoms with Gasteiger partial charge >= 0.3 is 5.63 Å². The van der Waals surface area contributed by atoms with Gasteiger partial charge in [-0.3, -0.25) is 9.69 Å². The van der Waals surface area contributed by atoms with Gasteiger partial charge in [-0.15, -0.1) is 0 Å². The summed E-state index contributed by atoms with van der Waals surface area (Å²) in [6, 6.07) is 9.02. The standard InChI is InChI=1S/C19H25N3O3/c1-14(2)19(24)22-11-9-21(10-12-22)8-7-20-16-13-18(23)25-17-6-4-3-5-15(16)17/h3-6,13-14,20H,7-12H2,1-2H3. The van der Waals surface area contributed by atoms with E-state index in [0.29, 0.717) is 5.58 Å². The lowest BCUT2D eigenvalue weighted by molar-refractivity contribution is -0.136. The zero-order valence-corrected chi connectivity index (χ0v) is 14.8. The molecule has 1 aromatic heterocycles. The SMILES string of the molecule is CC(C)C(=O)N1CCN(CCNc2cc(=O)oc3ccccc23)CC1. The molecule has 1 saturated heterocycles. The summed E-state index contributed by atoms with van der Waals surface area (Å²) in [5.41, 5.74) is 1.06. The Hall–Kier alpha value is -2.34. The molecule has 1 aromatic carbocycles. The van der Waals surface area contributed by atoms with E-state index >= 15 is 0 Å². The Bertz CT molecular complexity index is 792. The monoisotopic (exact) mass is 343 g/mol. The number of piperazine rings is 1. The second kappa shape index (κ2) is 7.70. The minimum absolute atomic E-state index is 0.0614. The van der Waals surface area contributed by atoms with Crippen LogP contribution in [0.15, 0.2) is 39.5 Å². The van der Waals surface area contributed by atoms with Crippen LogP contribution in [0, 0.1) is 5.92 Å². The molecule has 1 aliphatic rings. The van der Waals surface area contributed by atoms with Crippen molar-refractivity contribution < 1.29 is 9.21 Å². The fourth-order valence-corrected chi connectivity index (χ4v) is 3.16. The van der Waals surface area contributed by atoms with Gasteiger partial charge in [0.2, 0.25) is 5.91 Å². The molecule has 3 rings (SSSR count). The molecule has 25 heavy (non-hydrogen) atoms. The molecule has 1 aliphatic heterocycles. The summed E-state index contributed by atoms with van der Waals surface area (Å²) >= 11 is 0. The summed E-state index contributed by atoms with van der Waals surface area (Å²) in [6.45, 7) is 8.85. The molecule has 0 spiro atoms. The molecule has 1 fully saturated rings. The van der Waals surface area contributed by atoms with E-state index in [9.17, 15) is 9.59 Å². The average molecular weight is 343 g/mol. The van der Waals surface area contributed by atoms with Gasteiger partial charge in [-0.1, -0.05) is 26.0 Å². The lowest BCUT2D eigenvalue weighted by atomic mass is 10.1. The van der Waals surface area contributed by atoms with Gasteiger partial charge in [0.25, 0.3) is 0 Å². The van der Waals surface area contributed by atoms with Crippen LogP contribution in [0.25, 0.3) is 11.0 Å². The number of rotatable bonds is 5. The van der Waals surface area contributed by atoms with E-state index in [2.05, 4.69) is 10.2 Å². The molecule has 0 radical (unpaired) electrons. The first-order valence-corrected chi connectivity index (χ1v) is 8.82. The van der Waals surface area contributed by atoms with Crippen molar-refractivity contribution in [1.29, 1.82) is 0 Å². The lowest BCUT2D eigenvalue weighted by Crippen LogP contribution is -2.50. The van der Waals surface area contributed by atoms with Gasteiger partial charge in [-0.25, -0.2) is 4.79 Å². The number of hydrogen-bond acceptors (Lipinski definition) is 5. The highest BCUT2D eigenvalue weighted by atomic mass is 16.4. The van der Waals surface area contributed by atoms with E-state index in [-0.39, 0.29) is 17.5 Å². The molecule has 0 atom stereocenters. The number of fused-ring (bicyclic) bond motifs is 1. The van der Waals surface area contributed by atoms with Gasteiger partial charge in [0.15, 0.2) is 0 Å². The number of anilines is 1. The van der Waals surface area contributed by atoms with Crippen molar-refractivity contribution >= 4 is 22.6 Å². The fourth-order valence-electron chi connectivity index (χ4n) is 3.16. The number of carbonyl (C=O) groups excluding carboxylic acids is 1. The fraction of sp³-hybridized carbons (Fsp3) is 0.474. The minimum Gasteiger partial charge on any atom is -0.423 e. The van der Waals surface area contributed by atoms with Crippen LogP contribution < -0.4 is 10.9 Å². The molecule has 1 N–H and O–H groups in total. The highest BCUT2D eigenvalue weighted by Gasteiger charge is 2.22. The number of nitrogens with one attached hydrogen (secondary N) is 1. The third-order valence-corrected chi connectivity index (χ3v) is 4.57. The van der Waals surface area contributed by atoms with Gasteiger partial charge in [-0.2, -0.15) is 0 Å². The molecule has 1 amide bonds. The smallest absolute Gasteiger partial charge is 0.338 e. The number of carbonyl (C=O) groups is 1. The average Bonchev–Trinajstić information content (AvgIpc) is 2.61. The predicted molar refractivity (Wildman–Crippen MR) is 98.8 cm³/mol. The maximum Gasteiger partial charge on any atom is 0.338 e. The Morgan fingerprint density at radius 2 is 1.92 bits per heavy atom. The van der Waals surface area contributed by atoms with E-state index < -0.39 is 0 Å². The van der Waals surface area contributed by atoms with E-state index in [1.54, 1.807) is 6.07 Å². The topological polar surface area (TPSA) is 65.8 Å². The Morgan fingerprint density at radius 1 is 1.20 bits per heavy atom. The van der Waals surface area contributed by atoms with Crippen LogP contribution in [0.1, 0.15) is 13.8 Å². The first kappa shape index (κ1) is 17.5. The molecule has 0 aliphatic carbocycles. The first-order valence-electron chi connectivity index (χ1n) is 8.82. The summed E-state index contributed by atoms with van der Waals surface area (Å²) in [5.74, 6) is 0.298. The second-order valence-corrected chi connectivity index (χ2v) is 6.72. The molecule has 134 valence electrons.